The maximum atomic E-state index is 12.8. The fourth-order valence-electron chi connectivity index (χ4n) is 3.21. The van der Waals surface area contributed by atoms with Gasteiger partial charge in [-0.1, -0.05) is 29.8 Å². The number of alkyl halides is 3. The quantitative estimate of drug-likeness (QED) is 0.422. The monoisotopic (exact) mass is 478 g/mol. The number of aryl methyl sites for hydroxylation is 2. The molecule has 0 spiro atoms. The molecule has 0 saturated carbocycles. The number of benzene rings is 2. The summed E-state index contributed by atoms with van der Waals surface area (Å²) < 4.78 is 38.5. The summed E-state index contributed by atoms with van der Waals surface area (Å²) in [4.78, 5) is 36.7. The van der Waals surface area contributed by atoms with E-state index in [-0.39, 0.29) is 18.0 Å². The predicted molar refractivity (Wildman–Crippen MR) is 122 cm³/mol. The number of rotatable bonds is 10. The normalized spacial score (nSPS) is 12.1. The number of carbonyl (C=O) groups excluding carboxylic acids is 3. The average Bonchev–Trinajstić information content (AvgIpc) is 2.78. The lowest BCUT2D eigenvalue weighted by Gasteiger charge is -2.19. The first-order chi connectivity index (χ1) is 16.0. The minimum atomic E-state index is -4.58. The number of amides is 3. The zero-order chi connectivity index (χ0) is 25.3. The smallest absolute Gasteiger partial charge is 0.355 e. The minimum Gasteiger partial charge on any atom is -0.355 e. The highest BCUT2D eigenvalue weighted by Gasteiger charge is 2.31. The first-order valence-electron chi connectivity index (χ1n) is 10.8. The molecule has 0 saturated heterocycles. The second-order valence-corrected chi connectivity index (χ2v) is 7.82. The second-order valence-electron chi connectivity index (χ2n) is 7.82. The average molecular weight is 479 g/mol. The molecule has 7 nitrogen and oxygen atoms in total. The zero-order valence-corrected chi connectivity index (χ0v) is 19.3. The van der Waals surface area contributed by atoms with Crippen molar-refractivity contribution in [3.05, 3.63) is 70.3 Å². The third kappa shape index (κ3) is 8.18. The van der Waals surface area contributed by atoms with E-state index in [2.05, 4.69) is 21.3 Å². The van der Waals surface area contributed by atoms with Crippen LogP contribution < -0.4 is 21.3 Å². The molecule has 2 aromatic rings. The van der Waals surface area contributed by atoms with E-state index in [4.69, 9.17) is 0 Å². The Hall–Kier alpha value is -3.40. The number of halogens is 3. The fraction of sp³-hybridized carbons (Fsp3) is 0.375. The standard InChI is InChI=1S/C24H29F3N4O3/c1-4-28-23(34)20(29-12-18-9-8-15(2)10-16(18)3)13-30-21(32)14-31-22(33)17-6-5-7-19(11-17)24(25,26)27/h5-11,20,29H,4,12-14H2,1-3H3,(H,28,34)(H,30,32)(H,31,33). The van der Waals surface area contributed by atoms with Gasteiger partial charge in [-0.15, -0.1) is 0 Å². The summed E-state index contributed by atoms with van der Waals surface area (Å²) in [6.07, 6.45) is -4.58. The van der Waals surface area contributed by atoms with Crippen molar-refractivity contribution >= 4 is 17.7 Å². The van der Waals surface area contributed by atoms with Gasteiger partial charge in [0.2, 0.25) is 11.8 Å². The second kappa shape index (κ2) is 12.2. The molecule has 34 heavy (non-hydrogen) atoms. The van der Waals surface area contributed by atoms with Gasteiger partial charge in [0.1, 0.15) is 6.04 Å². The van der Waals surface area contributed by atoms with Crippen LogP contribution in [0.1, 0.15) is 39.5 Å². The Labute approximate surface area is 196 Å². The van der Waals surface area contributed by atoms with Crippen LogP contribution in [0.2, 0.25) is 0 Å². The Kier molecular flexibility index (Phi) is 9.61. The van der Waals surface area contributed by atoms with E-state index < -0.39 is 36.1 Å². The van der Waals surface area contributed by atoms with Crippen molar-refractivity contribution in [3.8, 4) is 0 Å². The Bertz CT molecular complexity index is 1020. The minimum absolute atomic E-state index is 0.0327. The molecule has 3 amide bonds. The van der Waals surface area contributed by atoms with Crippen LogP contribution in [-0.4, -0.2) is 43.4 Å². The van der Waals surface area contributed by atoms with Crippen LogP contribution in [0.4, 0.5) is 13.2 Å². The predicted octanol–water partition coefficient (Wildman–Crippen LogP) is 2.46. The molecule has 0 aliphatic heterocycles. The Morgan fingerprint density at radius 3 is 2.35 bits per heavy atom. The van der Waals surface area contributed by atoms with Gasteiger partial charge in [0.05, 0.1) is 12.1 Å². The maximum absolute atomic E-state index is 12.8. The fourth-order valence-corrected chi connectivity index (χ4v) is 3.21. The van der Waals surface area contributed by atoms with Crippen LogP contribution in [0, 0.1) is 13.8 Å². The maximum Gasteiger partial charge on any atom is 0.416 e. The molecule has 0 aliphatic carbocycles. The molecule has 0 aromatic heterocycles. The highest BCUT2D eigenvalue weighted by Crippen LogP contribution is 2.29. The number of hydrogen-bond donors (Lipinski definition) is 4. The summed E-state index contributed by atoms with van der Waals surface area (Å²) in [6.45, 7) is 6.09. The molecule has 0 radical (unpaired) electrons. The van der Waals surface area contributed by atoms with Gasteiger partial charge in [-0.25, -0.2) is 0 Å². The third-order valence-corrected chi connectivity index (χ3v) is 5.07. The summed E-state index contributed by atoms with van der Waals surface area (Å²) in [5.74, 6) is -1.68. The van der Waals surface area contributed by atoms with Gasteiger partial charge < -0.3 is 21.3 Å². The largest absolute Gasteiger partial charge is 0.416 e. The molecule has 0 heterocycles. The summed E-state index contributed by atoms with van der Waals surface area (Å²) in [5.41, 5.74) is 2.05. The molecule has 0 bridgehead atoms. The molecule has 1 unspecified atom stereocenters. The Balaban J connectivity index is 1.91. The van der Waals surface area contributed by atoms with E-state index in [1.165, 1.54) is 6.07 Å². The van der Waals surface area contributed by atoms with Crippen molar-refractivity contribution in [1.29, 1.82) is 0 Å². The molecule has 0 aliphatic rings. The van der Waals surface area contributed by atoms with Gasteiger partial charge in [-0.05, 0) is 50.1 Å². The molecule has 4 N–H and O–H groups in total. The molecule has 184 valence electrons. The van der Waals surface area contributed by atoms with Crippen molar-refractivity contribution in [2.24, 2.45) is 0 Å². The Morgan fingerprint density at radius 2 is 1.71 bits per heavy atom. The van der Waals surface area contributed by atoms with Crippen molar-refractivity contribution in [3.63, 3.8) is 0 Å². The number of likely N-dealkylation sites (N-methyl/N-ethyl adjacent to an activating group) is 1. The van der Waals surface area contributed by atoms with Gasteiger partial charge in [0.25, 0.3) is 5.91 Å². The van der Waals surface area contributed by atoms with E-state index in [0.29, 0.717) is 13.1 Å². The molecule has 2 rings (SSSR count). The van der Waals surface area contributed by atoms with Crippen LogP contribution in [-0.2, 0) is 22.3 Å². The van der Waals surface area contributed by atoms with Crippen molar-refractivity contribution < 1.29 is 27.6 Å². The SMILES string of the molecule is CCNC(=O)C(CNC(=O)CNC(=O)c1cccc(C(F)(F)F)c1)NCc1ccc(C)cc1C. The van der Waals surface area contributed by atoms with E-state index in [0.717, 1.165) is 34.9 Å². The van der Waals surface area contributed by atoms with Crippen LogP contribution in [0.15, 0.2) is 42.5 Å². The number of nitrogens with one attached hydrogen (secondary N) is 4. The first kappa shape index (κ1) is 26.8. The summed E-state index contributed by atoms with van der Waals surface area (Å²) in [5, 5.41) is 10.7. The molecule has 0 fully saturated rings. The highest BCUT2D eigenvalue weighted by molar-refractivity contribution is 5.96. The lowest BCUT2D eigenvalue weighted by Crippen LogP contribution is -2.51. The molecule has 2 aromatic carbocycles. The number of hydrogen-bond acceptors (Lipinski definition) is 4. The topological polar surface area (TPSA) is 99.3 Å². The van der Waals surface area contributed by atoms with Crippen molar-refractivity contribution in [2.75, 3.05) is 19.6 Å². The summed E-state index contributed by atoms with van der Waals surface area (Å²) in [7, 11) is 0. The molecule has 1 atom stereocenters. The summed E-state index contributed by atoms with van der Waals surface area (Å²) in [6, 6.07) is 9.18. The lowest BCUT2D eigenvalue weighted by atomic mass is 10.1. The van der Waals surface area contributed by atoms with Gasteiger partial charge in [-0.2, -0.15) is 13.2 Å². The van der Waals surface area contributed by atoms with Gasteiger partial charge in [0, 0.05) is 25.2 Å². The van der Waals surface area contributed by atoms with Gasteiger partial charge in [-0.3, -0.25) is 14.4 Å². The van der Waals surface area contributed by atoms with Crippen molar-refractivity contribution in [2.45, 2.75) is 39.5 Å². The lowest BCUT2D eigenvalue weighted by molar-refractivity contribution is -0.137. The Morgan fingerprint density at radius 1 is 0.971 bits per heavy atom. The van der Waals surface area contributed by atoms with Gasteiger partial charge in [0.15, 0.2) is 0 Å². The van der Waals surface area contributed by atoms with E-state index in [1.54, 1.807) is 6.92 Å². The van der Waals surface area contributed by atoms with Crippen LogP contribution >= 0.6 is 0 Å². The van der Waals surface area contributed by atoms with Crippen LogP contribution in [0.5, 0.6) is 0 Å². The van der Waals surface area contributed by atoms with E-state index in [9.17, 15) is 27.6 Å². The summed E-state index contributed by atoms with van der Waals surface area (Å²) >= 11 is 0. The number of carbonyl (C=O) groups is 3. The van der Waals surface area contributed by atoms with E-state index >= 15 is 0 Å². The van der Waals surface area contributed by atoms with Crippen LogP contribution in [0.25, 0.3) is 0 Å². The molecule has 10 heteroatoms. The zero-order valence-electron chi connectivity index (χ0n) is 19.3. The van der Waals surface area contributed by atoms with Crippen LogP contribution in [0.3, 0.4) is 0 Å². The van der Waals surface area contributed by atoms with Crippen molar-refractivity contribution in [1.82, 2.24) is 21.3 Å². The molecular formula is C24H29F3N4O3. The third-order valence-electron chi connectivity index (χ3n) is 5.07. The van der Waals surface area contributed by atoms with Gasteiger partial charge >= 0.3 is 6.18 Å². The van der Waals surface area contributed by atoms with E-state index in [1.807, 2.05) is 32.0 Å². The molecular weight excluding hydrogens is 449 g/mol. The highest BCUT2D eigenvalue weighted by atomic mass is 19.4. The first-order valence-corrected chi connectivity index (χ1v) is 10.8.